The molecule has 18 nitrogen and oxygen atoms in total. The molecule has 4 aromatic carbocycles. The Balaban J connectivity index is -0.000000199. The predicted octanol–water partition coefficient (Wildman–Crippen LogP) is 5.80. The number of halogens is 2. The van der Waals surface area contributed by atoms with E-state index in [4.69, 9.17) is 61.9 Å². The molecule has 0 bridgehead atoms. The van der Waals surface area contributed by atoms with Gasteiger partial charge in [-0.1, -0.05) is 95.8 Å². The molecule has 4 N–H and O–H groups in total. The Hall–Kier alpha value is -3.49. The second-order valence-corrected chi connectivity index (χ2v) is 15.0. The van der Waals surface area contributed by atoms with E-state index in [0.717, 1.165) is 39.5 Å². The number of aromatic hydroxyl groups is 2. The fourth-order valence-electron chi connectivity index (χ4n) is 4.99. The van der Waals surface area contributed by atoms with Gasteiger partial charge in [0.1, 0.15) is 39.0 Å². The van der Waals surface area contributed by atoms with Gasteiger partial charge in [-0.2, -0.15) is 0 Å². The molecule has 22 heteroatoms. The molecule has 0 saturated heterocycles. The van der Waals surface area contributed by atoms with Crippen LogP contribution in [0.25, 0.3) is 12.2 Å². The van der Waals surface area contributed by atoms with Gasteiger partial charge < -0.3 is 78.0 Å². The average molecular weight is 1340 g/mol. The monoisotopic (exact) mass is 1340 g/mol. The summed E-state index contributed by atoms with van der Waals surface area (Å²) in [6, 6.07) is 16.7. The van der Waals surface area contributed by atoms with Crippen molar-refractivity contribution in [3.8, 4) is 57.5 Å². The molecule has 0 radical (unpaired) electrons. The first-order chi connectivity index (χ1) is 34.9. The van der Waals surface area contributed by atoms with Gasteiger partial charge in [-0.3, -0.25) is 9.59 Å². The van der Waals surface area contributed by atoms with Crippen LogP contribution in [-0.2, 0) is 18.9 Å². The summed E-state index contributed by atoms with van der Waals surface area (Å²) in [5.41, 5.74) is 2.95. The quantitative estimate of drug-likeness (QED) is 0.0188. The van der Waals surface area contributed by atoms with Crippen LogP contribution in [0.4, 0.5) is 0 Å². The van der Waals surface area contributed by atoms with Gasteiger partial charge in [0.05, 0.1) is 80.9 Å². The van der Waals surface area contributed by atoms with Crippen molar-refractivity contribution in [2.45, 2.75) is 13.8 Å². The number of methoxy groups -OCH3 is 6. The number of phenols is 2. The van der Waals surface area contributed by atoms with Gasteiger partial charge in [0.15, 0.2) is 46.0 Å². The van der Waals surface area contributed by atoms with Crippen LogP contribution < -0.4 is 141 Å². The Morgan fingerprint density at radius 3 is 1.13 bits per heavy atom. The summed E-state index contributed by atoms with van der Waals surface area (Å²) < 4.78 is 63.1. The summed E-state index contributed by atoms with van der Waals surface area (Å²) in [4.78, 5) is 20.8. The number of ether oxygens (including phenoxy) is 12. The number of allylic oxidation sites excluding steroid dienone is 2. The Morgan fingerprint density at radius 1 is 0.447 bits per heavy atom. The molecule has 0 fully saturated rings. The second-order valence-electron chi connectivity index (χ2n) is 12.8. The Labute approximate surface area is 561 Å². The molecular weight excluding hydrogens is 1270 g/mol. The number of hydrogen-bond donors (Lipinski definition) is 2. The van der Waals surface area contributed by atoms with Crippen molar-refractivity contribution < 1.29 is 190 Å². The minimum absolute atomic E-state index is 0. The largest absolute Gasteiger partial charge is 1.00 e. The summed E-state index contributed by atoms with van der Waals surface area (Å²) in [6.45, 7) is 20.7. The molecule has 0 aliphatic carbocycles. The van der Waals surface area contributed by atoms with Crippen LogP contribution in [0.1, 0.15) is 45.7 Å². The number of phenolic OH excluding ortho intramolecular Hbond substituents is 2. The van der Waals surface area contributed by atoms with E-state index in [1.807, 2.05) is 50.3 Å². The number of aldehydes is 2. The summed E-state index contributed by atoms with van der Waals surface area (Å²) >= 11 is 4.48. The standard InChI is InChI=1S/C15H20O4.C12H14O4.C11H14O3.C8H8O3.2C4H7IO.2K.2H2O/c1-5-7-12-10-13(16-3)15(14(11-12)17-4)19-9-8-18-6-2;1-3-15-6-7-16-11-5-4-10(9-13)8-12(11)14-2;1-4-5-8-6-9(13-2)11(12)10(7-8)14-3;1-11-8-4-6(5-9)2-3-7(8)10;2*1-2-6-4-3-5;;;;/h5-7,10-11H,2,8-9H2,1,3-4H3;3-5,8-9H,1,6-7H2,2H3;4-7,12H,1-3H3;2-5,10H,1H3;2*2H,1,3-4H2;;;2*1H2/q;;;;;;2*+1;;/p-2/b7-5+;;5-4+;;;;;;;. The minimum Gasteiger partial charge on any atom is -0.870 e. The van der Waals surface area contributed by atoms with E-state index in [9.17, 15) is 14.7 Å². The third kappa shape index (κ3) is 38.1. The van der Waals surface area contributed by atoms with Crippen LogP contribution in [0, 0.1) is 0 Å². The van der Waals surface area contributed by atoms with Crippen LogP contribution in [0.3, 0.4) is 0 Å². The van der Waals surface area contributed by atoms with Gasteiger partial charge in [0.25, 0.3) is 0 Å². The number of carbonyl (C=O) groups is 2. The Morgan fingerprint density at radius 2 is 0.789 bits per heavy atom. The van der Waals surface area contributed by atoms with Gasteiger partial charge in [-0.25, -0.2) is 0 Å². The molecule has 4 rings (SSSR count). The van der Waals surface area contributed by atoms with Crippen molar-refractivity contribution in [3.05, 3.63) is 146 Å². The van der Waals surface area contributed by atoms with E-state index in [2.05, 4.69) is 71.5 Å². The van der Waals surface area contributed by atoms with E-state index in [-0.39, 0.29) is 125 Å². The number of benzene rings is 4. The molecule has 76 heavy (non-hydrogen) atoms. The first-order valence-electron chi connectivity index (χ1n) is 21.6. The molecule has 0 amide bonds. The van der Waals surface area contributed by atoms with Crippen molar-refractivity contribution in [1.29, 1.82) is 0 Å². The molecule has 0 spiro atoms. The van der Waals surface area contributed by atoms with Gasteiger partial charge in [0, 0.05) is 20.0 Å². The van der Waals surface area contributed by atoms with E-state index >= 15 is 0 Å². The van der Waals surface area contributed by atoms with E-state index in [1.165, 1.54) is 71.7 Å². The number of alkyl halides is 2. The topological polar surface area (TPSA) is 245 Å². The molecule has 0 aromatic heterocycles. The molecule has 4 aromatic rings. The zero-order valence-corrected chi connectivity index (χ0v) is 55.9. The van der Waals surface area contributed by atoms with Crippen LogP contribution in [0.2, 0.25) is 0 Å². The first-order valence-corrected chi connectivity index (χ1v) is 24.7. The average Bonchev–Trinajstić information content (AvgIpc) is 3.41. The van der Waals surface area contributed by atoms with Gasteiger partial charge in [-0.05, 0) is 85.6 Å². The SMILES string of the molecule is C/C=C/c1cc(OC)c(O)c(OC)c1.C=COCCI.C=COCCI.C=COCCOc1c(OC)cc(/C=C/C)cc1OC.C=COCCOc1ccc(C=O)cc1OC.COc1cc(C=O)ccc1O.[K+].[K+].[OH-].[OH-]. The molecule has 0 unspecified atom stereocenters. The van der Waals surface area contributed by atoms with Gasteiger partial charge >= 0.3 is 103 Å². The third-order valence-electron chi connectivity index (χ3n) is 8.13. The van der Waals surface area contributed by atoms with E-state index in [0.29, 0.717) is 89.8 Å². The van der Waals surface area contributed by atoms with Crippen LogP contribution >= 0.6 is 45.2 Å². The molecule has 0 aliphatic heterocycles. The normalized spacial score (nSPS) is 8.97. The predicted molar refractivity (Wildman–Crippen MR) is 306 cm³/mol. The smallest absolute Gasteiger partial charge is 0.870 e. The van der Waals surface area contributed by atoms with Crippen molar-refractivity contribution in [3.63, 3.8) is 0 Å². The molecule has 412 valence electrons. The van der Waals surface area contributed by atoms with Crippen molar-refractivity contribution in [1.82, 2.24) is 0 Å². The van der Waals surface area contributed by atoms with Crippen LogP contribution in [0.5, 0.6) is 57.5 Å². The van der Waals surface area contributed by atoms with Gasteiger partial charge in [-0.15, -0.1) is 0 Å². The maximum Gasteiger partial charge on any atom is 1.00 e. The summed E-state index contributed by atoms with van der Waals surface area (Å²) in [5, 5.41) is 18.7. The first kappa shape index (κ1) is 83.8. The molecule has 0 heterocycles. The third-order valence-corrected chi connectivity index (χ3v) is 9.02. The number of carbonyl (C=O) groups excluding carboxylic acids is 2. The fraction of sp³-hybridized carbons (Fsp3) is 0.296. The van der Waals surface area contributed by atoms with Crippen LogP contribution in [-0.4, -0.2) is 125 Å². The molecule has 0 atom stereocenters. The van der Waals surface area contributed by atoms with Gasteiger partial charge in [0.2, 0.25) is 11.5 Å². The number of rotatable bonds is 26. The van der Waals surface area contributed by atoms with Crippen LogP contribution in [0.15, 0.2) is 124 Å². The Kier molecular flexibility index (Phi) is 63.6. The molecular formula is C54H72I2K2O18. The summed E-state index contributed by atoms with van der Waals surface area (Å²) in [7, 11) is 9.17. The zero-order chi connectivity index (χ0) is 54.4. The minimum atomic E-state index is 0. The zero-order valence-electron chi connectivity index (χ0n) is 45.3. The van der Waals surface area contributed by atoms with Crippen molar-refractivity contribution in [2.24, 2.45) is 0 Å². The summed E-state index contributed by atoms with van der Waals surface area (Å²) in [5.74, 6) is 4.16. The maximum atomic E-state index is 10.6. The van der Waals surface area contributed by atoms with Crippen molar-refractivity contribution >= 4 is 69.9 Å². The Bertz CT molecular complexity index is 2150. The summed E-state index contributed by atoms with van der Waals surface area (Å²) in [6.07, 6.45) is 14.8. The second kappa shape index (κ2) is 57.7. The fourth-order valence-corrected chi connectivity index (χ4v) is 5.50. The van der Waals surface area contributed by atoms with Crippen molar-refractivity contribution in [2.75, 3.05) is 91.2 Å². The van der Waals surface area contributed by atoms with E-state index in [1.54, 1.807) is 44.6 Å². The molecule has 0 aliphatic rings. The van der Waals surface area contributed by atoms with E-state index < -0.39 is 0 Å². The molecule has 0 saturated carbocycles. The maximum absolute atomic E-state index is 10.6. The number of hydrogen-bond acceptors (Lipinski definition) is 18.